The Morgan fingerprint density at radius 2 is 1.96 bits per heavy atom. The number of ether oxygens (including phenoxy) is 1. The fourth-order valence-corrected chi connectivity index (χ4v) is 3.26. The topological polar surface area (TPSA) is 44.8 Å². The number of piperazine rings is 1. The normalized spacial score (nSPS) is 19.3. The summed E-state index contributed by atoms with van der Waals surface area (Å²) in [6.45, 7) is 5.75. The van der Waals surface area contributed by atoms with Gasteiger partial charge in [0.2, 0.25) is 5.91 Å². The number of para-hydroxylation sites is 2. The molecule has 1 heterocycles. The lowest BCUT2D eigenvalue weighted by Gasteiger charge is -2.36. The van der Waals surface area contributed by atoms with Crippen molar-refractivity contribution in [3.63, 3.8) is 0 Å². The quantitative estimate of drug-likeness (QED) is 0.868. The summed E-state index contributed by atoms with van der Waals surface area (Å²) in [5.74, 6) is 1.48. The van der Waals surface area contributed by atoms with Crippen LogP contribution in [-0.2, 0) is 4.79 Å². The highest BCUT2D eigenvalue weighted by Gasteiger charge is 2.25. The highest BCUT2D eigenvalue weighted by molar-refractivity contribution is 5.79. The predicted octanol–water partition coefficient (Wildman–Crippen LogP) is 1.73. The van der Waals surface area contributed by atoms with Gasteiger partial charge in [0.05, 0.1) is 12.8 Å². The van der Waals surface area contributed by atoms with Crippen LogP contribution in [0.15, 0.2) is 24.3 Å². The van der Waals surface area contributed by atoms with Gasteiger partial charge >= 0.3 is 0 Å². The lowest BCUT2D eigenvalue weighted by molar-refractivity contribution is -0.127. The molecular formula is C18H27N3O2. The highest BCUT2D eigenvalue weighted by atomic mass is 16.5. The largest absolute Gasteiger partial charge is 0.495 e. The number of nitrogens with one attached hydrogen (secondary N) is 1. The van der Waals surface area contributed by atoms with Crippen LogP contribution in [0.2, 0.25) is 0 Å². The van der Waals surface area contributed by atoms with E-state index >= 15 is 0 Å². The zero-order valence-electron chi connectivity index (χ0n) is 14.0. The molecule has 126 valence electrons. The first-order valence-electron chi connectivity index (χ1n) is 8.66. The molecule has 1 aromatic rings. The molecule has 3 rings (SSSR count). The molecule has 0 bridgehead atoms. The van der Waals surface area contributed by atoms with Crippen LogP contribution in [0.1, 0.15) is 19.3 Å². The van der Waals surface area contributed by atoms with Crippen molar-refractivity contribution in [1.82, 2.24) is 10.2 Å². The predicted molar refractivity (Wildman–Crippen MR) is 92.0 cm³/mol. The maximum Gasteiger partial charge on any atom is 0.223 e. The molecule has 1 saturated heterocycles. The van der Waals surface area contributed by atoms with E-state index in [4.69, 9.17) is 4.74 Å². The summed E-state index contributed by atoms with van der Waals surface area (Å²) < 4.78 is 5.45. The molecule has 1 N–H and O–H groups in total. The summed E-state index contributed by atoms with van der Waals surface area (Å²) in [5.41, 5.74) is 1.17. The van der Waals surface area contributed by atoms with Crippen LogP contribution in [0.4, 0.5) is 5.69 Å². The van der Waals surface area contributed by atoms with E-state index in [1.807, 2.05) is 12.1 Å². The van der Waals surface area contributed by atoms with Crippen LogP contribution in [0.25, 0.3) is 0 Å². The van der Waals surface area contributed by atoms with Crippen LogP contribution in [0.5, 0.6) is 5.75 Å². The van der Waals surface area contributed by atoms with Gasteiger partial charge in [-0.1, -0.05) is 18.6 Å². The van der Waals surface area contributed by atoms with Gasteiger partial charge in [-0.2, -0.15) is 0 Å². The summed E-state index contributed by atoms with van der Waals surface area (Å²) in [6, 6.07) is 8.19. The first-order valence-corrected chi connectivity index (χ1v) is 8.66. The zero-order chi connectivity index (χ0) is 16.1. The fraction of sp³-hybridized carbons (Fsp3) is 0.611. The van der Waals surface area contributed by atoms with Crippen molar-refractivity contribution in [3.8, 4) is 5.75 Å². The Kier molecular flexibility index (Phi) is 5.39. The van der Waals surface area contributed by atoms with E-state index in [2.05, 4.69) is 27.2 Å². The van der Waals surface area contributed by atoms with Crippen molar-refractivity contribution in [2.45, 2.75) is 19.3 Å². The van der Waals surface area contributed by atoms with Crippen LogP contribution in [0, 0.1) is 5.92 Å². The maximum absolute atomic E-state index is 11.8. The van der Waals surface area contributed by atoms with Crippen LogP contribution < -0.4 is 15.0 Å². The smallest absolute Gasteiger partial charge is 0.223 e. The van der Waals surface area contributed by atoms with E-state index in [-0.39, 0.29) is 11.8 Å². The van der Waals surface area contributed by atoms with E-state index in [0.29, 0.717) is 0 Å². The lowest BCUT2D eigenvalue weighted by Crippen LogP contribution is -2.49. The molecule has 1 aliphatic carbocycles. The first kappa shape index (κ1) is 16.1. The summed E-state index contributed by atoms with van der Waals surface area (Å²) in [4.78, 5) is 16.6. The molecule has 5 nitrogen and oxygen atoms in total. The highest BCUT2D eigenvalue weighted by Crippen LogP contribution is 2.28. The molecule has 5 heteroatoms. The number of methoxy groups -OCH3 is 1. The van der Waals surface area contributed by atoms with E-state index in [1.54, 1.807) is 7.11 Å². The molecule has 0 radical (unpaired) electrons. The van der Waals surface area contributed by atoms with Crippen molar-refractivity contribution >= 4 is 11.6 Å². The zero-order valence-corrected chi connectivity index (χ0v) is 14.0. The number of rotatable bonds is 6. The fourth-order valence-electron chi connectivity index (χ4n) is 3.26. The average molecular weight is 317 g/mol. The van der Waals surface area contributed by atoms with Gasteiger partial charge in [-0.3, -0.25) is 9.69 Å². The second kappa shape index (κ2) is 7.68. The van der Waals surface area contributed by atoms with Crippen LogP contribution in [-0.4, -0.2) is 57.2 Å². The summed E-state index contributed by atoms with van der Waals surface area (Å²) in [5, 5.41) is 3.08. The van der Waals surface area contributed by atoms with Crippen molar-refractivity contribution in [3.05, 3.63) is 24.3 Å². The molecule has 1 aromatic carbocycles. The molecule has 0 unspecified atom stereocenters. The molecule has 1 aliphatic heterocycles. The molecule has 0 spiro atoms. The van der Waals surface area contributed by atoms with Crippen molar-refractivity contribution in [2.24, 2.45) is 5.92 Å². The minimum atomic E-state index is 0.254. The van der Waals surface area contributed by atoms with Gasteiger partial charge in [0.25, 0.3) is 0 Å². The second-order valence-electron chi connectivity index (χ2n) is 6.42. The monoisotopic (exact) mass is 317 g/mol. The van der Waals surface area contributed by atoms with Gasteiger partial charge in [0.15, 0.2) is 0 Å². The number of benzene rings is 1. The SMILES string of the molecule is COc1ccccc1N1CCN(CCNC(=O)C2CCC2)CC1. The third-order valence-corrected chi connectivity index (χ3v) is 5.00. The van der Waals surface area contributed by atoms with Gasteiger partial charge in [-0.15, -0.1) is 0 Å². The van der Waals surface area contributed by atoms with E-state index < -0.39 is 0 Å². The number of carbonyl (C=O) groups excluding carboxylic acids is 1. The van der Waals surface area contributed by atoms with Gasteiger partial charge < -0.3 is 15.0 Å². The molecule has 1 amide bonds. The Morgan fingerprint density at radius 3 is 2.61 bits per heavy atom. The van der Waals surface area contributed by atoms with Gasteiger partial charge in [0, 0.05) is 45.2 Å². The number of carbonyl (C=O) groups is 1. The van der Waals surface area contributed by atoms with Crippen molar-refractivity contribution < 1.29 is 9.53 Å². The van der Waals surface area contributed by atoms with Gasteiger partial charge in [0.1, 0.15) is 5.75 Å². The van der Waals surface area contributed by atoms with Gasteiger partial charge in [-0.25, -0.2) is 0 Å². The molecule has 23 heavy (non-hydrogen) atoms. The molecule has 1 saturated carbocycles. The van der Waals surface area contributed by atoms with Crippen LogP contribution in [0.3, 0.4) is 0 Å². The Balaban J connectivity index is 1.40. The van der Waals surface area contributed by atoms with Crippen LogP contribution >= 0.6 is 0 Å². The Morgan fingerprint density at radius 1 is 1.22 bits per heavy atom. The molecular weight excluding hydrogens is 290 g/mol. The summed E-state index contributed by atoms with van der Waals surface area (Å²) >= 11 is 0. The standard InChI is InChI=1S/C18H27N3O2/c1-23-17-8-3-2-7-16(17)21-13-11-20(12-14-21)10-9-19-18(22)15-5-4-6-15/h2-3,7-8,15H,4-6,9-14H2,1H3,(H,19,22). The van der Waals surface area contributed by atoms with Crippen molar-refractivity contribution in [1.29, 1.82) is 0 Å². The molecule has 2 aliphatic rings. The molecule has 2 fully saturated rings. The Hall–Kier alpha value is -1.75. The number of hydrogen-bond donors (Lipinski definition) is 1. The molecule has 0 aromatic heterocycles. The summed E-state index contributed by atoms with van der Waals surface area (Å²) in [7, 11) is 1.72. The molecule has 0 atom stereocenters. The number of nitrogens with zero attached hydrogens (tertiary/aromatic N) is 2. The minimum Gasteiger partial charge on any atom is -0.495 e. The Labute approximate surface area is 138 Å². The first-order chi connectivity index (χ1) is 11.3. The average Bonchev–Trinajstić information content (AvgIpc) is 2.54. The van der Waals surface area contributed by atoms with E-state index in [1.165, 1.54) is 12.1 Å². The van der Waals surface area contributed by atoms with E-state index in [0.717, 1.165) is 57.9 Å². The maximum atomic E-state index is 11.8. The van der Waals surface area contributed by atoms with Gasteiger partial charge in [-0.05, 0) is 25.0 Å². The van der Waals surface area contributed by atoms with Crippen molar-refractivity contribution in [2.75, 3.05) is 51.3 Å². The van der Waals surface area contributed by atoms with E-state index in [9.17, 15) is 4.79 Å². The number of hydrogen-bond acceptors (Lipinski definition) is 4. The summed E-state index contributed by atoms with van der Waals surface area (Å²) in [6.07, 6.45) is 3.36. The number of amides is 1. The Bertz CT molecular complexity index is 523. The minimum absolute atomic E-state index is 0.254. The lowest BCUT2D eigenvalue weighted by atomic mass is 9.85. The third-order valence-electron chi connectivity index (χ3n) is 5.00. The third kappa shape index (κ3) is 3.96. The second-order valence-corrected chi connectivity index (χ2v) is 6.42. The number of anilines is 1.